The zero-order valence-corrected chi connectivity index (χ0v) is 28.6. The molecule has 20 heteroatoms. The number of thiophene rings is 2. The summed E-state index contributed by atoms with van der Waals surface area (Å²) in [6.45, 7) is 0. The Kier molecular flexibility index (Phi) is 8.43. The van der Waals surface area contributed by atoms with Crippen molar-refractivity contribution in [2.24, 2.45) is 0 Å². The molecule has 54 heavy (non-hydrogen) atoms. The Bertz CT molecular complexity index is 2660. The highest BCUT2D eigenvalue weighted by Crippen LogP contribution is 2.42. The third-order valence-corrected chi connectivity index (χ3v) is 12.5. The van der Waals surface area contributed by atoms with Gasteiger partial charge < -0.3 is 0 Å². The molecule has 0 bridgehead atoms. The van der Waals surface area contributed by atoms with Crippen LogP contribution in [0.25, 0.3) is 51.0 Å². The van der Waals surface area contributed by atoms with Gasteiger partial charge in [0, 0.05) is 0 Å². The fraction of sp³-hybridized carbons (Fsp3) is 0. The number of benzene rings is 4. The molecule has 4 heterocycles. The Hall–Kier alpha value is -5.18. The van der Waals surface area contributed by atoms with Gasteiger partial charge in [0.15, 0.2) is 46.5 Å². The van der Waals surface area contributed by atoms with E-state index < -0.39 is 102 Å². The number of hydrogen-bond donors (Lipinski definition) is 0. The third kappa shape index (κ3) is 5.41. The van der Waals surface area contributed by atoms with Crippen molar-refractivity contribution in [2.45, 2.75) is 0 Å². The van der Waals surface area contributed by atoms with Crippen LogP contribution in [0, 0.1) is 69.8 Å². The monoisotopic (exact) mass is 830 g/mol. The molecule has 0 unspecified atom stereocenters. The summed E-state index contributed by atoms with van der Waals surface area (Å²) in [6.07, 6.45) is 0. The molecule has 272 valence electrons. The van der Waals surface area contributed by atoms with Crippen molar-refractivity contribution in [1.29, 1.82) is 0 Å². The summed E-state index contributed by atoms with van der Waals surface area (Å²) in [5.41, 5.74) is -2.86. The highest BCUT2D eigenvalue weighted by atomic mass is 32.1. The summed E-state index contributed by atoms with van der Waals surface area (Å²) >= 11 is 2.81. The van der Waals surface area contributed by atoms with Crippen molar-refractivity contribution < 1.29 is 62.3 Å². The molecule has 0 aliphatic carbocycles. The molecule has 0 saturated heterocycles. The highest BCUT2D eigenvalue weighted by Gasteiger charge is 2.34. The normalized spacial score (nSPS) is 11.9. The number of hydrogen-bond acceptors (Lipinski definition) is 8. The maximum Gasteiger partial charge on any atom is 0.212 e. The summed E-state index contributed by atoms with van der Waals surface area (Å²) in [5.74, 6) is -30.1. The van der Waals surface area contributed by atoms with E-state index in [0.717, 1.165) is 34.8 Å². The molecule has 4 aromatic carbocycles. The van der Waals surface area contributed by atoms with Gasteiger partial charge in [-0.3, -0.25) is 9.59 Å². The molecule has 0 N–H and O–H groups in total. The number of thiazole rings is 2. The molecule has 0 fully saturated rings. The molecule has 0 atom stereocenters. The maximum absolute atomic E-state index is 14.9. The van der Waals surface area contributed by atoms with E-state index >= 15 is 0 Å². The summed E-state index contributed by atoms with van der Waals surface area (Å²) in [7, 11) is 0. The topological polar surface area (TPSA) is 59.9 Å². The van der Waals surface area contributed by atoms with Gasteiger partial charge in [0.25, 0.3) is 0 Å². The lowest BCUT2D eigenvalue weighted by Gasteiger charge is -2.06. The lowest BCUT2D eigenvalue weighted by molar-refractivity contribution is 0.101. The van der Waals surface area contributed by atoms with E-state index in [4.69, 9.17) is 0 Å². The molecule has 0 amide bonds. The lowest BCUT2D eigenvalue weighted by atomic mass is 10.1. The molecule has 0 saturated carbocycles. The van der Waals surface area contributed by atoms with E-state index in [9.17, 15) is 62.3 Å². The van der Waals surface area contributed by atoms with Crippen molar-refractivity contribution in [3.8, 4) is 19.8 Å². The standard InChI is InChI=1S/C34H6F12N2O2S4/c35-9-5-15(51-31(9)29(49)17-19(37)23(41)27(45)24(42)20(17)38)33-47-11-1-7-3-14-12(2-8(7)4-13(11)53-33)48-34(54-14)16-6-10(36)32(52-16)30(50)18-21(39)25(43)28(46)26(44)22(18)40/h1-6H. The zero-order valence-electron chi connectivity index (χ0n) is 25.3. The van der Waals surface area contributed by atoms with E-state index in [-0.39, 0.29) is 19.8 Å². The fourth-order valence-corrected chi connectivity index (χ4v) is 9.45. The average Bonchev–Trinajstić information content (AvgIpc) is 3.94. The molecular weight excluding hydrogens is 825 g/mol. The molecule has 8 aromatic rings. The number of carbonyl (C=O) groups excluding carboxylic acids is 2. The molecule has 4 nitrogen and oxygen atoms in total. The third-order valence-electron chi connectivity index (χ3n) is 7.93. The van der Waals surface area contributed by atoms with Gasteiger partial charge in [-0.05, 0) is 47.2 Å². The van der Waals surface area contributed by atoms with Gasteiger partial charge in [-0.2, -0.15) is 0 Å². The van der Waals surface area contributed by atoms with Gasteiger partial charge in [-0.15, -0.1) is 45.3 Å². The van der Waals surface area contributed by atoms with Crippen LogP contribution >= 0.6 is 45.3 Å². The van der Waals surface area contributed by atoms with Crippen LogP contribution in [0.2, 0.25) is 0 Å². The van der Waals surface area contributed by atoms with Gasteiger partial charge in [0.1, 0.15) is 42.5 Å². The first kappa shape index (κ1) is 35.8. The van der Waals surface area contributed by atoms with Gasteiger partial charge >= 0.3 is 0 Å². The Balaban J connectivity index is 1.12. The van der Waals surface area contributed by atoms with Crippen molar-refractivity contribution in [1.82, 2.24) is 9.97 Å². The minimum Gasteiger partial charge on any atom is -0.287 e. The van der Waals surface area contributed by atoms with Crippen LogP contribution < -0.4 is 0 Å². The average molecular weight is 831 g/mol. The lowest BCUT2D eigenvalue weighted by Crippen LogP contribution is -2.13. The first-order valence-corrected chi connectivity index (χ1v) is 17.7. The van der Waals surface area contributed by atoms with Gasteiger partial charge in [-0.1, -0.05) is 0 Å². The Morgan fingerprint density at radius 1 is 0.407 bits per heavy atom. The van der Waals surface area contributed by atoms with Gasteiger partial charge in [0.2, 0.25) is 23.2 Å². The summed E-state index contributed by atoms with van der Waals surface area (Å²) < 4.78 is 170. The first-order chi connectivity index (χ1) is 25.5. The van der Waals surface area contributed by atoms with E-state index in [1.165, 1.54) is 0 Å². The number of halogens is 12. The largest absolute Gasteiger partial charge is 0.287 e. The number of nitrogens with zero attached hydrogens (tertiary/aromatic N) is 2. The van der Waals surface area contributed by atoms with Crippen LogP contribution in [-0.2, 0) is 0 Å². The SMILES string of the molecule is O=C(c1sc(-c2nc3cc4cc5sc(-c6cc(F)c(C(=O)c7c(F)c(F)c(F)c(F)c7F)s6)nc5cc4cc3s2)cc1F)c1c(F)c(F)c(F)c(F)c1F. The molecular formula is C34H6F12N2O2S4. The minimum atomic E-state index is -2.48. The fourth-order valence-electron chi connectivity index (χ4n) is 5.40. The quantitative estimate of drug-likeness (QED) is 0.0725. The number of rotatable bonds is 6. The summed E-state index contributed by atoms with van der Waals surface area (Å²) in [5, 5.41) is 1.50. The minimum absolute atomic E-state index is 0.0125. The Morgan fingerprint density at radius 2 is 0.722 bits per heavy atom. The van der Waals surface area contributed by atoms with Gasteiger partial charge in [0.05, 0.1) is 30.2 Å². The highest BCUT2D eigenvalue weighted by molar-refractivity contribution is 7.27. The number of aromatic nitrogens is 2. The van der Waals surface area contributed by atoms with Crippen molar-refractivity contribution in [2.75, 3.05) is 0 Å². The first-order valence-electron chi connectivity index (χ1n) is 14.4. The van der Waals surface area contributed by atoms with Crippen LogP contribution in [0.3, 0.4) is 0 Å². The maximum atomic E-state index is 14.9. The Labute approximate surface area is 306 Å². The number of carbonyl (C=O) groups is 2. The predicted octanol–water partition coefficient (Wildman–Crippen LogP) is 11.6. The molecule has 0 aliphatic heterocycles. The zero-order chi connectivity index (χ0) is 38.7. The second-order valence-corrected chi connectivity index (χ2v) is 15.3. The molecule has 8 rings (SSSR count). The van der Waals surface area contributed by atoms with Crippen LogP contribution in [0.15, 0.2) is 36.4 Å². The van der Waals surface area contributed by atoms with Crippen LogP contribution in [0.4, 0.5) is 52.7 Å². The number of fused-ring (bicyclic) bond motifs is 3. The van der Waals surface area contributed by atoms with Crippen molar-refractivity contribution >= 4 is 88.1 Å². The van der Waals surface area contributed by atoms with Crippen molar-refractivity contribution in [3.05, 3.63) is 127 Å². The molecule has 4 aromatic heterocycles. The predicted molar refractivity (Wildman–Crippen MR) is 176 cm³/mol. The van der Waals surface area contributed by atoms with Crippen LogP contribution in [0.1, 0.15) is 30.5 Å². The van der Waals surface area contributed by atoms with E-state index in [0.29, 0.717) is 53.9 Å². The Morgan fingerprint density at radius 3 is 1.06 bits per heavy atom. The summed E-state index contributed by atoms with van der Waals surface area (Å²) in [4.78, 5) is 32.6. The second-order valence-electron chi connectivity index (χ2n) is 11.1. The van der Waals surface area contributed by atoms with E-state index in [1.54, 1.807) is 24.3 Å². The summed E-state index contributed by atoms with van der Waals surface area (Å²) in [6, 6.07) is 8.30. The second kappa shape index (κ2) is 12.7. The van der Waals surface area contributed by atoms with Crippen LogP contribution in [0.5, 0.6) is 0 Å². The number of ketones is 2. The van der Waals surface area contributed by atoms with Gasteiger partial charge in [-0.25, -0.2) is 62.7 Å². The van der Waals surface area contributed by atoms with Crippen molar-refractivity contribution in [3.63, 3.8) is 0 Å². The van der Waals surface area contributed by atoms with E-state index in [2.05, 4.69) is 9.97 Å². The smallest absolute Gasteiger partial charge is 0.212 e. The van der Waals surface area contributed by atoms with Crippen LogP contribution in [-0.4, -0.2) is 21.5 Å². The molecule has 0 spiro atoms. The molecule has 0 radical (unpaired) electrons. The molecule has 0 aliphatic rings. The van der Waals surface area contributed by atoms with E-state index in [1.807, 2.05) is 0 Å².